The first-order chi connectivity index (χ1) is 9.75. The molecule has 1 unspecified atom stereocenters. The van der Waals surface area contributed by atoms with Crippen molar-refractivity contribution >= 4 is 11.8 Å². The molecule has 2 aliphatic rings. The minimum atomic E-state index is -0.632. The maximum atomic E-state index is 13.3. The van der Waals surface area contributed by atoms with E-state index in [1.54, 1.807) is 0 Å². The number of carbonyl (C=O) groups is 2. The zero-order valence-corrected chi connectivity index (χ0v) is 14.2. The summed E-state index contributed by atoms with van der Waals surface area (Å²) in [7, 11) is 0. The molecule has 0 bridgehead atoms. The average molecular weight is 294 g/mol. The van der Waals surface area contributed by atoms with Crippen molar-refractivity contribution in [1.29, 1.82) is 0 Å². The molecule has 120 valence electrons. The molecule has 1 aliphatic carbocycles. The molecule has 0 radical (unpaired) electrons. The molecule has 1 heterocycles. The van der Waals surface area contributed by atoms with Crippen molar-refractivity contribution in [3.63, 3.8) is 0 Å². The minimum absolute atomic E-state index is 0.0352. The van der Waals surface area contributed by atoms with Gasteiger partial charge in [-0.05, 0) is 39.0 Å². The van der Waals surface area contributed by atoms with E-state index >= 15 is 0 Å². The Kier molecular flexibility index (Phi) is 4.36. The molecule has 4 nitrogen and oxygen atoms in total. The Morgan fingerprint density at radius 3 is 2.29 bits per heavy atom. The van der Waals surface area contributed by atoms with Gasteiger partial charge in [0.15, 0.2) is 0 Å². The smallest absolute Gasteiger partial charge is 0.249 e. The van der Waals surface area contributed by atoms with E-state index in [9.17, 15) is 9.59 Å². The van der Waals surface area contributed by atoms with Crippen LogP contribution in [0.25, 0.3) is 0 Å². The highest BCUT2D eigenvalue weighted by Gasteiger charge is 2.54. The van der Waals surface area contributed by atoms with Crippen LogP contribution in [0, 0.1) is 5.92 Å². The van der Waals surface area contributed by atoms with Gasteiger partial charge in [0.05, 0.1) is 0 Å². The van der Waals surface area contributed by atoms with E-state index in [1.807, 2.05) is 18.7 Å². The topological polar surface area (TPSA) is 49.4 Å². The first kappa shape index (κ1) is 16.3. The number of nitrogens with one attached hydrogen (secondary N) is 1. The summed E-state index contributed by atoms with van der Waals surface area (Å²) in [4.78, 5) is 27.9. The molecule has 0 aromatic carbocycles. The summed E-state index contributed by atoms with van der Waals surface area (Å²) in [5.74, 6) is 0.307. The van der Waals surface area contributed by atoms with Crippen LogP contribution >= 0.6 is 0 Å². The molecule has 1 saturated carbocycles. The fraction of sp³-hybridized carbons (Fsp3) is 0.882. The Hall–Kier alpha value is -1.06. The number of nitrogens with zero attached hydrogens (tertiary/aromatic N) is 1. The Labute approximate surface area is 128 Å². The van der Waals surface area contributed by atoms with Crippen LogP contribution in [0.2, 0.25) is 0 Å². The lowest BCUT2D eigenvalue weighted by Crippen LogP contribution is -2.75. The van der Waals surface area contributed by atoms with Crippen LogP contribution in [-0.2, 0) is 9.59 Å². The first-order valence-electron chi connectivity index (χ1n) is 8.41. The molecule has 1 aliphatic heterocycles. The number of hydrogen-bond acceptors (Lipinski definition) is 2. The number of piperazine rings is 1. The van der Waals surface area contributed by atoms with E-state index in [2.05, 4.69) is 26.1 Å². The zero-order chi connectivity index (χ0) is 15.8. The van der Waals surface area contributed by atoms with Gasteiger partial charge in [-0.25, -0.2) is 0 Å². The Bertz CT molecular complexity index is 423. The van der Waals surface area contributed by atoms with Gasteiger partial charge in [-0.3, -0.25) is 9.59 Å². The maximum absolute atomic E-state index is 13.3. The Morgan fingerprint density at radius 2 is 1.81 bits per heavy atom. The summed E-state index contributed by atoms with van der Waals surface area (Å²) in [6.07, 6.45) is 5.65. The third kappa shape index (κ3) is 2.69. The minimum Gasteiger partial charge on any atom is -0.340 e. The van der Waals surface area contributed by atoms with Crippen molar-refractivity contribution in [2.24, 2.45) is 5.92 Å². The normalized spacial score (nSPS) is 26.4. The quantitative estimate of drug-likeness (QED) is 0.870. The van der Waals surface area contributed by atoms with E-state index in [0.717, 1.165) is 38.5 Å². The maximum Gasteiger partial charge on any atom is 0.249 e. The predicted octanol–water partition coefficient (Wildman–Crippen LogP) is 2.86. The van der Waals surface area contributed by atoms with Crippen molar-refractivity contribution in [3.05, 3.63) is 0 Å². The standard InChI is InChI=1S/C17H30N2O2/c1-6-16(4,5)19-13(12(2)3)14(20)18-17(15(19)21)10-8-7-9-11-17/h12-13H,6-11H2,1-5H3,(H,18,20). The molecule has 2 rings (SSSR count). The van der Waals surface area contributed by atoms with E-state index < -0.39 is 5.54 Å². The molecule has 1 N–H and O–H groups in total. The fourth-order valence-electron chi connectivity index (χ4n) is 3.75. The predicted molar refractivity (Wildman–Crippen MR) is 83.8 cm³/mol. The van der Waals surface area contributed by atoms with Crippen molar-refractivity contribution in [1.82, 2.24) is 10.2 Å². The lowest BCUT2D eigenvalue weighted by Gasteiger charge is -2.54. The van der Waals surface area contributed by atoms with Crippen LogP contribution in [0.1, 0.15) is 73.1 Å². The molecular formula is C17H30N2O2. The van der Waals surface area contributed by atoms with Gasteiger partial charge >= 0.3 is 0 Å². The molecule has 4 heteroatoms. The molecule has 0 aromatic heterocycles. The van der Waals surface area contributed by atoms with Crippen LogP contribution in [0.3, 0.4) is 0 Å². The Balaban J connectivity index is 2.43. The molecule has 1 spiro atoms. The van der Waals surface area contributed by atoms with Gasteiger partial charge in [-0.1, -0.05) is 40.0 Å². The number of hydrogen-bond donors (Lipinski definition) is 1. The van der Waals surface area contributed by atoms with Gasteiger partial charge < -0.3 is 10.2 Å². The van der Waals surface area contributed by atoms with E-state index in [4.69, 9.17) is 0 Å². The molecule has 2 amide bonds. The second-order valence-electron chi connectivity index (χ2n) is 7.66. The highest BCUT2D eigenvalue weighted by atomic mass is 16.2. The third-order valence-corrected chi connectivity index (χ3v) is 5.39. The summed E-state index contributed by atoms with van der Waals surface area (Å²) in [5.41, 5.74) is -0.915. The second kappa shape index (κ2) is 5.62. The summed E-state index contributed by atoms with van der Waals surface area (Å²) >= 11 is 0. The van der Waals surface area contributed by atoms with Gasteiger partial charge in [0.1, 0.15) is 11.6 Å². The van der Waals surface area contributed by atoms with Crippen LogP contribution < -0.4 is 5.32 Å². The number of amides is 2. The van der Waals surface area contributed by atoms with E-state index in [0.29, 0.717) is 0 Å². The van der Waals surface area contributed by atoms with Gasteiger partial charge in [-0.2, -0.15) is 0 Å². The fourth-order valence-corrected chi connectivity index (χ4v) is 3.75. The summed E-state index contributed by atoms with van der Waals surface area (Å²) < 4.78 is 0. The van der Waals surface area contributed by atoms with Crippen molar-refractivity contribution in [2.45, 2.75) is 90.3 Å². The molecule has 1 saturated heterocycles. The van der Waals surface area contributed by atoms with Crippen molar-refractivity contribution in [3.8, 4) is 0 Å². The summed E-state index contributed by atoms with van der Waals surface area (Å²) in [5, 5.41) is 3.11. The second-order valence-corrected chi connectivity index (χ2v) is 7.66. The molecule has 2 fully saturated rings. The summed E-state index contributed by atoms with van der Waals surface area (Å²) in [6, 6.07) is -0.347. The van der Waals surface area contributed by atoms with Gasteiger partial charge in [0, 0.05) is 5.54 Å². The number of rotatable bonds is 3. The number of carbonyl (C=O) groups excluding carboxylic acids is 2. The van der Waals surface area contributed by atoms with E-state index in [-0.39, 0.29) is 29.3 Å². The SMILES string of the molecule is CCC(C)(C)N1C(=O)C2(CCCCC2)NC(=O)C1C(C)C. The average Bonchev–Trinajstić information content (AvgIpc) is 2.43. The van der Waals surface area contributed by atoms with Crippen LogP contribution in [-0.4, -0.2) is 33.8 Å². The van der Waals surface area contributed by atoms with Gasteiger partial charge in [0.2, 0.25) is 11.8 Å². The summed E-state index contributed by atoms with van der Waals surface area (Å²) in [6.45, 7) is 10.3. The van der Waals surface area contributed by atoms with Gasteiger partial charge in [0.25, 0.3) is 0 Å². The lowest BCUT2D eigenvalue weighted by molar-refractivity contribution is -0.166. The highest BCUT2D eigenvalue weighted by Crippen LogP contribution is 2.38. The van der Waals surface area contributed by atoms with Gasteiger partial charge in [-0.15, -0.1) is 0 Å². The molecular weight excluding hydrogens is 264 g/mol. The van der Waals surface area contributed by atoms with Crippen molar-refractivity contribution < 1.29 is 9.59 Å². The van der Waals surface area contributed by atoms with Crippen LogP contribution in [0.5, 0.6) is 0 Å². The lowest BCUT2D eigenvalue weighted by atomic mass is 9.76. The Morgan fingerprint density at radius 1 is 1.24 bits per heavy atom. The third-order valence-electron chi connectivity index (χ3n) is 5.39. The zero-order valence-electron chi connectivity index (χ0n) is 14.2. The molecule has 21 heavy (non-hydrogen) atoms. The van der Waals surface area contributed by atoms with Crippen LogP contribution in [0.15, 0.2) is 0 Å². The molecule has 0 aromatic rings. The molecule has 1 atom stereocenters. The largest absolute Gasteiger partial charge is 0.340 e. The van der Waals surface area contributed by atoms with Crippen molar-refractivity contribution in [2.75, 3.05) is 0 Å². The van der Waals surface area contributed by atoms with E-state index in [1.165, 1.54) is 0 Å². The first-order valence-corrected chi connectivity index (χ1v) is 8.41. The monoisotopic (exact) mass is 294 g/mol. The van der Waals surface area contributed by atoms with Crippen LogP contribution in [0.4, 0.5) is 0 Å². The highest BCUT2D eigenvalue weighted by molar-refractivity contribution is 6.00.